The second-order valence-corrected chi connectivity index (χ2v) is 4.60. The number of benzene rings is 1. The Kier molecular flexibility index (Phi) is 3.13. The van der Waals surface area contributed by atoms with E-state index in [-0.39, 0.29) is 6.04 Å². The van der Waals surface area contributed by atoms with Gasteiger partial charge >= 0.3 is 0 Å². The van der Waals surface area contributed by atoms with Gasteiger partial charge in [0.1, 0.15) is 5.82 Å². The minimum Gasteiger partial charge on any atom is -0.380 e. The summed E-state index contributed by atoms with van der Waals surface area (Å²) in [5, 5.41) is 3.42. The maximum absolute atomic E-state index is 5.35. The molecule has 1 fully saturated rings. The third kappa shape index (κ3) is 2.17. The number of nitrogens with one attached hydrogen (secondary N) is 2. The molecule has 2 N–H and O–H groups in total. The van der Waals surface area contributed by atoms with Crippen molar-refractivity contribution in [2.45, 2.75) is 18.6 Å². The molecule has 0 saturated carbocycles. The number of hydrogen-bond donors (Lipinski definition) is 2. The highest BCUT2D eigenvalue weighted by Crippen LogP contribution is 2.25. The normalized spacial score (nSPS) is 23.4. The van der Waals surface area contributed by atoms with Gasteiger partial charge in [0.15, 0.2) is 0 Å². The van der Waals surface area contributed by atoms with Crippen molar-refractivity contribution in [2.75, 3.05) is 13.7 Å². The molecule has 2 unspecified atom stereocenters. The number of ether oxygens (including phenoxy) is 1. The number of aromatic amines is 1. The number of methoxy groups -OCH3 is 1. The Morgan fingerprint density at radius 3 is 2.83 bits per heavy atom. The van der Waals surface area contributed by atoms with Gasteiger partial charge in [-0.1, -0.05) is 30.3 Å². The summed E-state index contributed by atoms with van der Waals surface area (Å²) in [7, 11) is 1.76. The second-order valence-electron chi connectivity index (χ2n) is 4.60. The van der Waals surface area contributed by atoms with Crippen molar-refractivity contribution in [3.63, 3.8) is 0 Å². The SMILES string of the molecule is COC1CNC(c2ncc(-c3ccccc3)[nH]2)C1. The van der Waals surface area contributed by atoms with E-state index < -0.39 is 0 Å². The first kappa shape index (κ1) is 11.4. The molecule has 18 heavy (non-hydrogen) atoms. The summed E-state index contributed by atoms with van der Waals surface area (Å²) >= 11 is 0. The first-order valence-corrected chi connectivity index (χ1v) is 6.23. The molecule has 0 radical (unpaired) electrons. The number of H-pyrrole nitrogens is 1. The van der Waals surface area contributed by atoms with Crippen molar-refractivity contribution in [1.82, 2.24) is 15.3 Å². The topological polar surface area (TPSA) is 49.9 Å². The van der Waals surface area contributed by atoms with E-state index in [2.05, 4.69) is 27.4 Å². The van der Waals surface area contributed by atoms with Gasteiger partial charge in [0.25, 0.3) is 0 Å². The molecule has 2 aromatic rings. The predicted octanol–water partition coefficient (Wildman–Crippen LogP) is 2.13. The van der Waals surface area contributed by atoms with Crippen molar-refractivity contribution in [2.24, 2.45) is 0 Å². The van der Waals surface area contributed by atoms with Crippen molar-refractivity contribution >= 4 is 0 Å². The third-order valence-electron chi connectivity index (χ3n) is 3.43. The summed E-state index contributed by atoms with van der Waals surface area (Å²) in [6.07, 6.45) is 3.16. The minimum absolute atomic E-state index is 0.271. The Morgan fingerprint density at radius 2 is 2.11 bits per heavy atom. The molecule has 0 spiro atoms. The van der Waals surface area contributed by atoms with E-state index in [0.717, 1.165) is 30.0 Å². The van der Waals surface area contributed by atoms with Gasteiger partial charge in [0.05, 0.1) is 24.0 Å². The zero-order valence-electron chi connectivity index (χ0n) is 10.4. The van der Waals surface area contributed by atoms with Crippen LogP contribution in [0.3, 0.4) is 0 Å². The summed E-state index contributed by atoms with van der Waals surface area (Å²) in [6, 6.07) is 10.5. The molecular weight excluding hydrogens is 226 g/mol. The number of aromatic nitrogens is 2. The van der Waals surface area contributed by atoms with Gasteiger partial charge < -0.3 is 15.0 Å². The molecule has 4 nitrogen and oxygen atoms in total. The molecule has 2 heterocycles. The van der Waals surface area contributed by atoms with E-state index in [1.165, 1.54) is 0 Å². The van der Waals surface area contributed by atoms with E-state index >= 15 is 0 Å². The maximum Gasteiger partial charge on any atom is 0.123 e. The van der Waals surface area contributed by atoms with E-state index in [9.17, 15) is 0 Å². The van der Waals surface area contributed by atoms with Crippen LogP contribution in [0.5, 0.6) is 0 Å². The Bertz CT molecular complexity index is 509. The van der Waals surface area contributed by atoms with Gasteiger partial charge in [0, 0.05) is 13.7 Å². The molecule has 1 aromatic heterocycles. The van der Waals surface area contributed by atoms with Crippen molar-refractivity contribution in [3.8, 4) is 11.3 Å². The fourth-order valence-electron chi connectivity index (χ4n) is 2.37. The minimum atomic E-state index is 0.271. The van der Waals surface area contributed by atoms with Crippen LogP contribution in [0, 0.1) is 0 Å². The average molecular weight is 243 g/mol. The Morgan fingerprint density at radius 1 is 1.28 bits per heavy atom. The standard InChI is InChI=1S/C14H17N3O/c1-18-11-7-12(15-8-11)14-16-9-13(17-14)10-5-3-2-4-6-10/h2-6,9,11-12,15H,7-8H2,1H3,(H,16,17). The number of imidazole rings is 1. The summed E-state index contributed by atoms with van der Waals surface area (Å²) in [6.45, 7) is 0.891. The van der Waals surface area contributed by atoms with Gasteiger partial charge in [0.2, 0.25) is 0 Å². The van der Waals surface area contributed by atoms with Crippen molar-refractivity contribution in [3.05, 3.63) is 42.4 Å². The smallest absolute Gasteiger partial charge is 0.123 e. The number of rotatable bonds is 3. The van der Waals surface area contributed by atoms with Gasteiger partial charge in [-0.25, -0.2) is 4.98 Å². The zero-order valence-corrected chi connectivity index (χ0v) is 10.4. The average Bonchev–Trinajstić information content (AvgIpc) is 3.08. The molecule has 4 heteroatoms. The van der Waals surface area contributed by atoms with Crippen LogP contribution in [0.25, 0.3) is 11.3 Å². The lowest BCUT2D eigenvalue weighted by molar-refractivity contribution is 0.117. The lowest BCUT2D eigenvalue weighted by atomic mass is 10.2. The summed E-state index contributed by atoms with van der Waals surface area (Å²) in [5.41, 5.74) is 2.23. The molecule has 1 aromatic carbocycles. The predicted molar refractivity (Wildman–Crippen MR) is 70.2 cm³/mol. The van der Waals surface area contributed by atoms with Crippen molar-refractivity contribution in [1.29, 1.82) is 0 Å². The fraction of sp³-hybridized carbons (Fsp3) is 0.357. The quantitative estimate of drug-likeness (QED) is 0.868. The highest BCUT2D eigenvalue weighted by atomic mass is 16.5. The summed E-state index contributed by atoms with van der Waals surface area (Å²) in [5.74, 6) is 0.994. The molecule has 1 saturated heterocycles. The highest BCUT2D eigenvalue weighted by molar-refractivity contribution is 5.58. The lowest BCUT2D eigenvalue weighted by Crippen LogP contribution is -2.16. The lowest BCUT2D eigenvalue weighted by Gasteiger charge is -2.06. The van der Waals surface area contributed by atoms with Gasteiger partial charge in [-0.05, 0) is 12.0 Å². The van der Waals surface area contributed by atoms with Crippen molar-refractivity contribution < 1.29 is 4.74 Å². The van der Waals surface area contributed by atoms with Crippen LogP contribution in [0.2, 0.25) is 0 Å². The van der Waals surface area contributed by atoms with Crippen LogP contribution in [-0.2, 0) is 4.74 Å². The highest BCUT2D eigenvalue weighted by Gasteiger charge is 2.26. The number of hydrogen-bond acceptors (Lipinski definition) is 3. The van der Waals surface area contributed by atoms with E-state index in [0.29, 0.717) is 6.10 Å². The van der Waals surface area contributed by atoms with E-state index in [4.69, 9.17) is 4.74 Å². The summed E-state index contributed by atoms with van der Waals surface area (Å²) < 4.78 is 5.35. The number of nitrogens with zero attached hydrogens (tertiary/aromatic N) is 1. The second kappa shape index (κ2) is 4.92. The molecule has 0 bridgehead atoms. The molecule has 94 valence electrons. The maximum atomic E-state index is 5.35. The van der Waals surface area contributed by atoms with Crippen LogP contribution in [0.15, 0.2) is 36.5 Å². The van der Waals surface area contributed by atoms with Gasteiger partial charge in [-0.3, -0.25) is 0 Å². The first-order valence-electron chi connectivity index (χ1n) is 6.23. The van der Waals surface area contributed by atoms with Crippen LogP contribution < -0.4 is 5.32 Å². The van der Waals surface area contributed by atoms with Crippen LogP contribution >= 0.6 is 0 Å². The Labute approximate surface area is 106 Å². The van der Waals surface area contributed by atoms with Crippen LogP contribution in [0.4, 0.5) is 0 Å². The van der Waals surface area contributed by atoms with Crippen LogP contribution in [0.1, 0.15) is 18.3 Å². The monoisotopic (exact) mass is 243 g/mol. The summed E-state index contributed by atoms with van der Waals surface area (Å²) in [4.78, 5) is 7.86. The molecule has 2 atom stereocenters. The Hall–Kier alpha value is -1.65. The van der Waals surface area contributed by atoms with Gasteiger partial charge in [-0.15, -0.1) is 0 Å². The largest absolute Gasteiger partial charge is 0.380 e. The Balaban J connectivity index is 1.78. The third-order valence-corrected chi connectivity index (χ3v) is 3.43. The molecule has 3 rings (SSSR count). The first-order chi connectivity index (χ1) is 8.86. The fourth-order valence-corrected chi connectivity index (χ4v) is 2.37. The molecule has 0 aliphatic carbocycles. The van der Waals surface area contributed by atoms with Crippen LogP contribution in [-0.4, -0.2) is 29.7 Å². The van der Waals surface area contributed by atoms with E-state index in [1.54, 1.807) is 7.11 Å². The van der Waals surface area contributed by atoms with E-state index in [1.807, 2.05) is 24.4 Å². The molecule has 0 amide bonds. The van der Waals surface area contributed by atoms with Gasteiger partial charge in [-0.2, -0.15) is 0 Å². The zero-order chi connectivity index (χ0) is 12.4. The molecular formula is C14H17N3O. The molecule has 1 aliphatic rings. The molecule has 1 aliphatic heterocycles.